The first kappa shape index (κ1) is 19.5. The molecule has 1 aliphatic heterocycles. The van der Waals surface area contributed by atoms with Gasteiger partial charge in [-0.3, -0.25) is 4.79 Å². The lowest BCUT2D eigenvalue weighted by Gasteiger charge is -2.32. The van der Waals surface area contributed by atoms with Crippen LogP contribution >= 0.6 is 0 Å². The second-order valence-electron chi connectivity index (χ2n) is 7.59. The highest BCUT2D eigenvalue weighted by atomic mass is 16.5. The Hall–Kier alpha value is -2.83. The molecule has 1 saturated heterocycles. The minimum absolute atomic E-state index is 0.00977. The Labute approximate surface area is 170 Å². The number of ether oxygens (including phenoxy) is 2. The standard InChI is InChI=1S/C23H27N3O3/c1-28-17-8-6-16(7-9-17)19(20-15-25-21-5-3-2-4-18(20)21)14-26-22(27)23(24)10-12-29-13-11-23/h2-9,15,19,25H,10-14,24H2,1H3,(H,26,27). The van der Waals surface area contributed by atoms with Crippen LogP contribution in [0.4, 0.5) is 0 Å². The number of carbonyl (C=O) groups is 1. The maximum absolute atomic E-state index is 12.9. The number of fused-ring (bicyclic) bond motifs is 1. The second-order valence-corrected chi connectivity index (χ2v) is 7.59. The fourth-order valence-corrected chi connectivity index (χ4v) is 3.96. The molecule has 2 heterocycles. The molecule has 6 nitrogen and oxygen atoms in total. The maximum Gasteiger partial charge on any atom is 0.240 e. The van der Waals surface area contributed by atoms with Crippen LogP contribution in [0.25, 0.3) is 10.9 Å². The quantitative estimate of drug-likeness (QED) is 0.601. The van der Waals surface area contributed by atoms with Crippen molar-refractivity contribution >= 4 is 16.8 Å². The van der Waals surface area contributed by atoms with Gasteiger partial charge < -0.3 is 25.5 Å². The Bertz CT molecular complexity index is 974. The molecule has 0 spiro atoms. The van der Waals surface area contributed by atoms with Crippen molar-refractivity contribution in [2.24, 2.45) is 5.73 Å². The molecule has 1 fully saturated rings. The average molecular weight is 393 g/mol. The zero-order chi connectivity index (χ0) is 20.3. The number of hydrogen-bond acceptors (Lipinski definition) is 4. The van der Waals surface area contributed by atoms with Crippen molar-refractivity contribution in [3.63, 3.8) is 0 Å². The van der Waals surface area contributed by atoms with Crippen molar-refractivity contribution in [2.75, 3.05) is 26.9 Å². The Morgan fingerprint density at radius 3 is 2.66 bits per heavy atom. The predicted octanol–water partition coefficient (Wildman–Crippen LogP) is 2.93. The van der Waals surface area contributed by atoms with E-state index in [1.54, 1.807) is 7.11 Å². The number of methoxy groups -OCH3 is 1. The number of para-hydroxylation sites is 1. The molecule has 6 heteroatoms. The van der Waals surface area contributed by atoms with E-state index in [-0.39, 0.29) is 11.8 Å². The van der Waals surface area contributed by atoms with E-state index in [0.29, 0.717) is 32.6 Å². The van der Waals surface area contributed by atoms with Gasteiger partial charge in [0, 0.05) is 42.8 Å². The van der Waals surface area contributed by atoms with E-state index in [4.69, 9.17) is 15.2 Å². The molecule has 1 aromatic heterocycles. The molecule has 2 aromatic carbocycles. The zero-order valence-corrected chi connectivity index (χ0v) is 16.6. The number of nitrogens with two attached hydrogens (primary N) is 1. The van der Waals surface area contributed by atoms with E-state index in [9.17, 15) is 4.79 Å². The molecular weight excluding hydrogens is 366 g/mol. The lowest BCUT2D eigenvalue weighted by molar-refractivity contribution is -0.129. The third-order valence-electron chi connectivity index (χ3n) is 5.82. The molecular formula is C23H27N3O3. The van der Waals surface area contributed by atoms with Gasteiger partial charge in [0.2, 0.25) is 5.91 Å². The maximum atomic E-state index is 12.9. The first-order chi connectivity index (χ1) is 14.1. The van der Waals surface area contributed by atoms with Gasteiger partial charge in [-0.2, -0.15) is 0 Å². The number of nitrogens with one attached hydrogen (secondary N) is 2. The van der Waals surface area contributed by atoms with Crippen LogP contribution in [0.5, 0.6) is 5.75 Å². The van der Waals surface area contributed by atoms with E-state index in [1.165, 1.54) is 0 Å². The molecule has 1 unspecified atom stereocenters. The number of aromatic nitrogens is 1. The molecule has 0 radical (unpaired) electrons. The summed E-state index contributed by atoms with van der Waals surface area (Å²) < 4.78 is 10.7. The summed E-state index contributed by atoms with van der Waals surface area (Å²) in [6.45, 7) is 1.51. The van der Waals surface area contributed by atoms with Gasteiger partial charge >= 0.3 is 0 Å². The number of H-pyrrole nitrogens is 1. The smallest absolute Gasteiger partial charge is 0.240 e. The van der Waals surface area contributed by atoms with Gasteiger partial charge in [-0.05, 0) is 42.2 Å². The lowest BCUT2D eigenvalue weighted by Crippen LogP contribution is -2.57. The van der Waals surface area contributed by atoms with Crippen molar-refractivity contribution in [2.45, 2.75) is 24.3 Å². The van der Waals surface area contributed by atoms with Gasteiger partial charge in [0.25, 0.3) is 0 Å². The fourth-order valence-electron chi connectivity index (χ4n) is 3.96. The molecule has 29 heavy (non-hydrogen) atoms. The monoisotopic (exact) mass is 393 g/mol. The number of carbonyl (C=O) groups excluding carboxylic acids is 1. The highest BCUT2D eigenvalue weighted by Gasteiger charge is 2.36. The Kier molecular flexibility index (Phi) is 5.56. The minimum Gasteiger partial charge on any atom is -0.497 e. The van der Waals surface area contributed by atoms with E-state index in [0.717, 1.165) is 27.8 Å². The first-order valence-electron chi connectivity index (χ1n) is 9.95. The molecule has 1 atom stereocenters. The van der Waals surface area contributed by atoms with E-state index in [1.807, 2.05) is 42.6 Å². The van der Waals surface area contributed by atoms with E-state index >= 15 is 0 Å². The zero-order valence-electron chi connectivity index (χ0n) is 16.6. The van der Waals surface area contributed by atoms with Gasteiger partial charge in [0.15, 0.2) is 0 Å². The van der Waals surface area contributed by atoms with Crippen molar-refractivity contribution in [1.82, 2.24) is 10.3 Å². The summed E-state index contributed by atoms with van der Waals surface area (Å²) in [5.74, 6) is 0.683. The predicted molar refractivity (Wildman–Crippen MR) is 113 cm³/mol. The third-order valence-corrected chi connectivity index (χ3v) is 5.82. The summed E-state index contributed by atoms with van der Waals surface area (Å²) in [6, 6.07) is 16.2. The van der Waals surface area contributed by atoms with Gasteiger partial charge in [-0.25, -0.2) is 0 Å². The Morgan fingerprint density at radius 1 is 1.21 bits per heavy atom. The van der Waals surface area contributed by atoms with Crippen LogP contribution < -0.4 is 15.8 Å². The number of aromatic amines is 1. The first-order valence-corrected chi connectivity index (χ1v) is 9.95. The fraction of sp³-hybridized carbons (Fsp3) is 0.348. The van der Waals surface area contributed by atoms with Gasteiger partial charge in [0.1, 0.15) is 5.75 Å². The van der Waals surface area contributed by atoms with Crippen LogP contribution in [0.1, 0.15) is 29.9 Å². The molecule has 3 aromatic rings. The summed E-state index contributed by atoms with van der Waals surface area (Å²) in [6.07, 6.45) is 3.11. The molecule has 1 amide bonds. The highest BCUT2D eigenvalue weighted by molar-refractivity contribution is 5.87. The summed E-state index contributed by atoms with van der Waals surface area (Å²) in [5, 5.41) is 4.26. The van der Waals surface area contributed by atoms with Crippen molar-refractivity contribution < 1.29 is 14.3 Å². The number of amides is 1. The minimum atomic E-state index is -0.858. The Balaban J connectivity index is 1.62. The van der Waals surface area contributed by atoms with Crippen molar-refractivity contribution in [1.29, 1.82) is 0 Å². The molecule has 4 rings (SSSR count). The summed E-state index contributed by atoms with van der Waals surface area (Å²) in [7, 11) is 1.65. The van der Waals surface area contributed by atoms with Crippen LogP contribution in [0, 0.1) is 0 Å². The molecule has 0 aliphatic carbocycles. The van der Waals surface area contributed by atoms with Gasteiger partial charge in [0.05, 0.1) is 12.6 Å². The normalized spacial score (nSPS) is 17.0. The van der Waals surface area contributed by atoms with Crippen LogP contribution in [0.15, 0.2) is 54.7 Å². The van der Waals surface area contributed by atoms with Crippen LogP contribution in [-0.2, 0) is 9.53 Å². The van der Waals surface area contributed by atoms with Crippen molar-refractivity contribution in [3.8, 4) is 5.75 Å². The van der Waals surface area contributed by atoms with Crippen LogP contribution in [-0.4, -0.2) is 43.3 Å². The second kappa shape index (κ2) is 8.27. The molecule has 0 saturated carbocycles. The molecule has 152 valence electrons. The topological polar surface area (TPSA) is 89.4 Å². The lowest BCUT2D eigenvalue weighted by atomic mass is 9.88. The number of rotatable bonds is 6. The van der Waals surface area contributed by atoms with Crippen LogP contribution in [0.3, 0.4) is 0 Å². The van der Waals surface area contributed by atoms with Crippen LogP contribution in [0.2, 0.25) is 0 Å². The average Bonchev–Trinajstić information content (AvgIpc) is 3.19. The largest absolute Gasteiger partial charge is 0.497 e. The van der Waals surface area contributed by atoms with Crippen molar-refractivity contribution in [3.05, 3.63) is 65.9 Å². The third kappa shape index (κ3) is 3.99. The van der Waals surface area contributed by atoms with E-state index < -0.39 is 5.54 Å². The Morgan fingerprint density at radius 2 is 1.93 bits per heavy atom. The summed E-state index contributed by atoms with van der Waals surface area (Å²) in [5.41, 5.74) is 8.83. The molecule has 4 N–H and O–H groups in total. The number of benzene rings is 2. The van der Waals surface area contributed by atoms with E-state index in [2.05, 4.69) is 22.4 Å². The highest BCUT2D eigenvalue weighted by Crippen LogP contribution is 2.31. The summed E-state index contributed by atoms with van der Waals surface area (Å²) >= 11 is 0. The SMILES string of the molecule is COc1ccc(C(CNC(=O)C2(N)CCOCC2)c2c[nH]c3ccccc23)cc1. The van der Waals surface area contributed by atoms with Gasteiger partial charge in [-0.15, -0.1) is 0 Å². The summed E-state index contributed by atoms with van der Waals surface area (Å²) in [4.78, 5) is 16.2. The molecule has 0 bridgehead atoms. The van der Waals surface area contributed by atoms with Gasteiger partial charge in [-0.1, -0.05) is 30.3 Å². The molecule has 1 aliphatic rings. The number of hydrogen-bond donors (Lipinski definition) is 3.